The van der Waals surface area contributed by atoms with E-state index in [0.717, 1.165) is 36.5 Å². The molecule has 2 saturated heterocycles. The predicted octanol–water partition coefficient (Wildman–Crippen LogP) is 5.09. The Morgan fingerprint density at radius 1 is 1.08 bits per heavy atom. The van der Waals surface area contributed by atoms with Crippen molar-refractivity contribution in [3.05, 3.63) is 72.3 Å². The van der Waals surface area contributed by atoms with Gasteiger partial charge in [0.2, 0.25) is 0 Å². The third-order valence-corrected chi connectivity index (χ3v) is 11.4. The first-order chi connectivity index (χ1) is 17.3. The molecule has 0 bridgehead atoms. The summed E-state index contributed by atoms with van der Waals surface area (Å²) in [6.45, 7) is 7.62. The molecule has 1 saturated carbocycles. The van der Waals surface area contributed by atoms with Gasteiger partial charge in [-0.3, -0.25) is 0 Å². The maximum atomic E-state index is 14.4. The van der Waals surface area contributed by atoms with E-state index in [2.05, 4.69) is 26.8 Å². The van der Waals surface area contributed by atoms with Crippen molar-refractivity contribution < 1.29 is 23.5 Å². The third kappa shape index (κ3) is 4.89. The molecular formula is C30H39O5P. The summed E-state index contributed by atoms with van der Waals surface area (Å²) in [5.41, 5.74) is 0.854. The van der Waals surface area contributed by atoms with Crippen LogP contribution in [0, 0.1) is 5.92 Å². The van der Waals surface area contributed by atoms with E-state index in [1.54, 1.807) is 7.11 Å². The average molecular weight is 511 g/mol. The standard InChI is InChI=1S/C30H39O5P/c1-22(2)15-16-26-29(3,35-26)28-27(32-4)25(17-18-30(28)21-34-30)33-19-20-36(31,23-11-7-5-8-12-23)24-13-9-6-10-14-24/h5-15,25-28H,16-21H2,1-4H3/t25-,26-,27-,28-,29+,30+/m1/s1. The molecule has 0 unspecified atom stereocenters. The summed E-state index contributed by atoms with van der Waals surface area (Å²) in [4.78, 5) is 0. The summed E-state index contributed by atoms with van der Waals surface area (Å²) < 4.78 is 39.4. The summed E-state index contributed by atoms with van der Waals surface area (Å²) in [6, 6.07) is 19.6. The van der Waals surface area contributed by atoms with E-state index in [0.29, 0.717) is 12.8 Å². The predicted molar refractivity (Wildman–Crippen MR) is 144 cm³/mol. The van der Waals surface area contributed by atoms with Crippen LogP contribution >= 0.6 is 7.14 Å². The van der Waals surface area contributed by atoms with E-state index in [1.165, 1.54) is 5.57 Å². The van der Waals surface area contributed by atoms with Crippen LogP contribution < -0.4 is 10.6 Å². The van der Waals surface area contributed by atoms with Crippen molar-refractivity contribution in [2.24, 2.45) is 5.92 Å². The minimum absolute atomic E-state index is 0.0834. The Morgan fingerprint density at radius 2 is 1.69 bits per heavy atom. The average Bonchev–Trinajstić information content (AvgIpc) is 3.81. The quantitative estimate of drug-likeness (QED) is 0.253. The number of hydrogen-bond donors (Lipinski definition) is 0. The monoisotopic (exact) mass is 510 g/mol. The number of ether oxygens (including phenoxy) is 4. The molecule has 3 aliphatic rings. The molecule has 2 aromatic carbocycles. The summed E-state index contributed by atoms with van der Waals surface area (Å²) in [5, 5.41) is 1.74. The van der Waals surface area contributed by atoms with Crippen molar-refractivity contribution in [1.82, 2.24) is 0 Å². The van der Waals surface area contributed by atoms with Crippen molar-refractivity contribution in [1.29, 1.82) is 0 Å². The minimum Gasteiger partial charge on any atom is -0.378 e. The van der Waals surface area contributed by atoms with Gasteiger partial charge in [-0.2, -0.15) is 0 Å². The Kier molecular flexibility index (Phi) is 7.33. The lowest BCUT2D eigenvalue weighted by Gasteiger charge is -2.43. The zero-order valence-corrected chi connectivity index (χ0v) is 22.8. The normalized spacial score (nSPS) is 33.3. The molecule has 1 spiro atoms. The molecule has 3 fully saturated rings. The van der Waals surface area contributed by atoms with Crippen LogP contribution in [0.4, 0.5) is 0 Å². The van der Waals surface area contributed by atoms with Gasteiger partial charge in [0.15, 0.2) is 0 Å². The highest BCUT2D eigenvalue weighted by Gasteiger charge is 2.71. The van der Waals surface area contributed by atoms with Crippen LogP contribution in [0.5, 0.6) is 0 Å². The second-order valence-corrected chi connectivity index (χ2v) is 13.9. The highest BCUT2D eigenvalue weighted by atomic mass is 31.2. The summed E-state index contributed by atoms with van der Waals surface area (Å²) in [7, 11) is -1.05. The Labute approximate surface area is 215 Å². The number of methoxy groups -OCH3 is 1. The second-order valence-electron chi connectivity index (χ2n) is 10.9. The molecule has 5 rings (SSSR count). The van der Waals surface area contributed by atoms with E-state index >= 15 is 0 Å². The van der Waals surface area contributed by atoms with E-state index in [1.807, 2.05) is 60.7 Å². The lowest BCUT2D eigenvalue weighted by atomic mass is 9.68. The largest absolute Gasteiger partial charge is 0.378 e. The summed E-state index contributed by atoms with van der Waals surface area (Å²) in [5.74, 6) is 0.111. The van der Waals surface area contributed by atoms with E-state index in [-0.39, 0.29) is 35.4 Å². The highest BCUT2D eigenvalue weighted by Crippen LogP contribution is 2.59. The Bertz CT molecular complexity index is 1070. The molecule has 2 heterocycles. The Balaban J connectivity index is 1.31. The van der Waals surface area contributed by atoms with Gasteiger partial charge in [0, 0.05) is 23.9 Å². The fourth-order valence-corrected chi connectivity index (χ4v) is 8.68. The van der Waals surface area contributed by atoms with Crippen LogP contribution in [0.15, 0.2) is 72.3 Å². The molecule has 1 aliphatic carbocycles. The first-order valence-corrected chi connectivity index (χ1v) is 15.0. The number of epoxide rings is 2. The van der Waals surface area contributed by atoms with E-state index < -0.39 is 7.14 Å². The minimum atomic E-state index is -2.82. The van der Waals surface area contributed by atoms with Crippen LogP contribution in [-0.4, -0.2) is 56.0 Å². The van der Waals surface area contributed by atoms with Crippen LogP contribution in [0.25, 0.3) is 0 Å². The second kappa shape index (κ2) is 10.2. The van der Waals surface area contributed by atoms with Crippen molar-refractivity contribution in [3.63, 3.8) is 0 Å². The third-order valence-electron chi connectivity index (χ3n) is 8.32. The van der Waals surface area contributed by atoms with Crippen molar-refractivity contribution >= 4 is 17.8 Å². The number of benzene rings is 2. The van der Waals surface area contributed by atoms with E-state index in [9.17, 15) is 4.57 Å². The molecule has 2 aliphatic heterocycles. The molecule has 2 aromatic rings. The first kappa shape index (κ1) is 25.9. The molecule has 36 heavy (non-hydrogen) atoms. The molecule has 0 amide bonds. The van der Waals surface area contributed by atoms with Gasteiger partial charge < -0.3 is 23.5 Å². The highest BCUT2D eigenvalue weighted by molar-refractivity contribution is 7.78. The lowest BCUT2D eigenvalue weighted by molar-refractivity contribution is -0.136. The Morgan fingerprint density at radius 3 is 2.22 bits per heavy atom. The van der Waals surface area contributed by atoms with Gasteiger partial charge in [-0.15, -0.1) is 0 Å². The molecular weight excluding hydrogens is 471 g/mol. The lowest BCUT2D eigenvalue weighted by Crippen LogP contribution is -2.55. The zero-order valence-electron chi connectivity index (χ0n) is 21.9. The smallest absolute Gasteiger partial charge is 0.145 e. The fourth-order valence-electron chi connectivity index (χ4n) is 6.20. The maximum Gasteiger partial charge on any atom is 0.145 e. The van der Waals surface area contributed by atoms with Crippen molar-refractivity contribution in [2.45, 2.75) is 69.5 Å². The van der Waals surface area contributed by atoms with Gasteiger partial charge in [0.1, 0.15) is 12.7 Å². The van der Waals surface area contributed by atoms with E-state index in [4.69, 9.17) is 18.9 Å². The maximum absolute atomic E-state index is 14.4. The number of rotatable bonds is 10. The molecule has 0 aromatic heterocycles. The van der Waals surface area contributed by atoms with Gasteiger partial charge in [0.25, 0.3) is 0 Å². The van der Waals surface area contributed by atoms with Gasteiger partial charge >= 0.3 is 0 Å². The Hall–Kier alpha value is -1.75. The van der Waals surface area contributed by atoms with Crippen LogP contribution in [0.2, 0.25) is 0 Å². The van der Waals surface area contributed by atoms with Crippen LogP contribution in [0.3, 0.4) is 0 Å². The summed E-state index contributed by atoms with van der Waals surface area (Å²) in [6.07, 6.45) is 5.37. The molecule has 5 nitrogen and oxygen atoms in total. The van der Waals surface area contributed by atoms with Crippen molar-refractivity contribution in [2.75, 3.05) is 26.5 Å². The molecule has 0 radical (unpaired) electrons. The zero-order chi connectivity index (χ0) is 25.4. The van der Waals surface area contributed by atoms with Gasteiger partial charge in [-0.25, -0.2) is 0 Å². The SMILES string of the molecule is CO[C@@H]1[C@H](OCCP(=O)(c2ccccc2)c2ccccc2)CC[C@]2(CO2)[C@H]1[C@@]1(C)O[C@@H]1CC=C(C)C. The first-order valence-electron chi connectivity index (χ1n) is 13.1. The molecule has 194 valence electrons. The van der Waals surface area contributed by atoms with Gasteiger partial charge in [-0.1, -0.05) is 72.3 Å². The summed E-state index contributed by atoms with van der Waals surface area (Å²) >= 11 is 0. The number of hydrogen-bond acceptors (Lipinski definition) is 5. The van der Waals surface area contributed by atoms with Crippen molar-refractivity contribution in [3.8, 4) is 0 Å². The van der Waals surface area contributed by atoms with Gasteiger partial charge in [0.05, 0.1) is 43.0 Å². The topological polar surface area (TPSA) is 60.6 Å². The van der Waals surface area contributed by atoms with Crippen LogP contribution in [-0.2, 0) is 23.5 Å². The molecule has 0 N–H and O–H groups in total. The fraction of sp³-hybridized carbons (Fsp3) is 0.533. The molecule has 6 heteroatoms. The number of allylic oxidation sites excluding steroid dienone is 1. The molecule has 6 atom stereocenters. The van der Waals surface area contributed by atoms with Crippen LogP contribution in [0.1, 0.15) is 40.0 Å². The van der Waals surface area contributed by atoms with Gasteiger partial charge in [-0.05, 0) is 40.0 Å².